The van der Waals surface area contributed by atoms with Crippen LogP contribution in [0.5, 0.6) is 0 Å². The van der Waals surface area contributed by atoms with Crippen LogP contribution in [0.25, 0.3) is 10.2 Å². The number of aromatic nitrogens is 2. The third-order valence-electron chi connectivity index (χ3n) is 4.03. The first-order valence-corrected chi connectivity index (χ1v) is 7.93. The first-order valence-electron chi connectivity index (χ1n) is 7.12. The summed E-state index contributed by atoms with van der Waals surface area (Å²) in [6.07, 6.45) is 3.23. The van der Waals surface area contributed by atoms with Crippen LogP contribution in [0.3, 0.4) is 0 Å². The molecular formula is C15H21N3OS. The zero-order valence-electron chi connectivity index (χ0n) is 12.5. The van der Waals surface area contributed by atoms with Crippen LogP contribution in [-0.2, 0) is 18.3 Å². The highest BCUT2D eigenvalue weighted by molar-refractivity contribution is 7.18. The number of rotatable bonds is 0. The predicted octanol–water partition coefficient (Wildman–Crippen LogP) is 2.59. The normalized spacial score (nSPS) is 19.3. The summed E-state index contributed by atoms with van der Waals surface area (Å²) in [5.41, 5.74) is 0.868. The Morgan fingerprint density at radius 3 is 2.75 bits per heavy atom. The van der Waals surface area contributed by atoms with E-state index in [4.69, 9.17) is 10.8 Å². The van der Waals surface area contributed by atoms with Gasteiger partial charge >= 0.3 is 0 Å². The van der Waals surface area contributed by atoms with Crippen molar-refractivity contribution < 1.29 is 0 Å². The molecule has 0 saturated carbocycles. The second kappa shape index (κ2) is 4.32. The molecule has 1 atom stereocenters. The Balaban J connectivity index is 2.34. The van der Waals surface area contributed by atoms with E-state index in [1.54, 1.807) is 11.3 Å². The number of thiophene rings is 1. The van der Waals surface area contributed by atoms with Gasteiger partial charge in [0.05, 0.1) is 5.39 Å². The Bertz CT molecular complexity index is 736. The quantitative estimate of drug-likeness (QED) is 0.759. The molecule has 3 rings (SSSR count). The van der Waals surface area contributed by atoms with Gasteiger partial charge in [0.1, 0.15) is 10.7 Å². The van der Waals surface area contributed by atoms with Gasteiger partial charge in [0, 0.05) is 10.3 Å². The highest BCUT2D eigenvalue weighted by Gasteiger charge is 2.27. The minimum absolute atomic E-state index is 0.0912. The number of fused-ring (bicyclic) bond motifs is 3. The molecule has 0 saturated heterocycles. The summed E-state index contributed by atoms with van der Waals surface area (Å²) in [6.45, 7) is 8.32. The van der Waals surface area contributed by atoms with Crippen LogP contribution in [0.1, 0.15) is 50.4 Å². The molecule has 2 N–H and O–H groups in total. The highest BCUT2D eigenvalue weighted by atomic mass is 32.1. The first-order chi connectivity index (χ1) is 9.29. The number of nitrogens with two attached hydrogens (primary N) is 1. The maximum absolute atomic E-state index is 12.6. The third kappa shape index (κ3) is 1.95. The maximum atomic E-state index is 12.6. The molecule has 5 heteroatoms. The van der Waals surface area contributed by atoms with Crippen molar-refractivity contribution in [2.24, 2.45) is 5.92 Å². The Kier molecular flexibility index (Phi) is 2.94. The number of nitrogen functional groups attached to an aromatic ring is 1. The average Bonchev–Trinajstić information content (AvgIpc) is 2.70. The molecule has 20 heavy (non-hydrogen) atoms. The van der Waals surface area contributed by atoms with Crippen molar-refractivity contribution in [3.8, 4) is 0 Å². The molecule has 4 nitrogen and oxygen atoms in total. The molecule has 0 spiro atoms. The van der Waals surface area contributed by atoms with Crippen LogP contribution in [0, 0.1) is 5.92 Å². The smallest absolute Gasteiger partial charge is 0.280 e. The summed E-state index contributed by atoms with van der Waals surface area (Å²) in [4.78, 5) is 19.5. The van der Waals surface area contributed by atoms with Gasteiger partial charge < -0.3 is 5.84 Å². The molecule has 2 aromatic rings. The lowest BCUT2D eigenvalue weighted by atomic mass is 9.88. The number of aryl methyl sites for hydroxylation is 1. The standard InChI is InChI=1S/C15H21N3OS/c1-8-5-6-10-9(7-8)11-12(20-10)17-14(15(2,3)4)18(16)13(11)19/h8H,5-7,16H2,1-4H3/t8-/m0/s1. The second-order valence-corrected chi connectivity index (χ2v) is 7.98. The van der Waals surface area contributed by atoms with Crippen LogP contribution in [-0.4, -0.2) is 9.66 Å². The molecule has 2 aromatic heterocycles. The minimum Gasteiger partial charge on any atom is -0.335 e. The van der Waals surface area contributed by atoms with E-state index in [1.807, 2.05) is 20.8 Å². The van der Waals surface area contributed by atoms with Gasteiger partial charge in [0.15, 0.2) is 0 Å². The van der Waals surface area contributed by atoms with Gasteiger partial charge in [-0.05, 0) is 30.7 Å². The number of hydrogen-bond acceptors (Lipinski definition) is 4. The Morgan fingerprint density at radius 2 is 2.10 bits per heavy atom. The Labute approximate surface area is 122 Å². The molecule has 2 heterocycles. The molecule has 0 fully saturated rings. The zero-order valence-corrected chi connectivity index (χ0v) is 13.3. The predicted molar refractivity (Wildman–Crippen MR) is 83.9 cm³/mol. The van der Waals surface area contributed by atoms with Gasteiger partial charge in [-0.3, -0.25) is 4.79 Å². The van der Waals surface area contributed by atoms with Crippen LogP contribution in [0.4, 0.5) is 0 Å². The fourth-order valence-corrected chi connectivity index (χ4v) is 4.15. The Morgan fingerprint density at radius 1 is 1.40 bits per heavy atom. The van der Waals surface area contributed by atoms with Crippen molar-refractivity contribution in [1.29, 1.82) is 0 Å². The fourth-order valence-electron chi connectivity index (χ4n) is 2.94. The maximum Gasteiger partial charge on any atom is 0.280 e. The second-order valence-electron chi connectivity index (χ2n) is 6.89. The van der Waals surface area contributed by atoms with E-state index in [0.717, 1.165) is 23.1 Å². The van der Waals surface area contributed by atoms with E-state index in [0.29, 0.717) is 11.7 Å². The van der Waals surface area contributed by atoms with Crippen molar-refractivity contribution in [2.45, 2.75) is 52.4 Å². The summed E-state index contributed by atoms with van der Waals surface area (Å²) < 4.78 is 1.24. The fraction of sp³-hybridized carbons (Fsp3) is 0.600. The lowest BCUT2D eigenvalue weighted by molar-refractivity contribution is 0.507. The molecule has 0 aliphatic heterocycles. The molecule has 0 amide bonds. The summed E-state index contributed by atoms with van der Waals surface area (Å²) in [7, 11) is 0. The van der Waals surface area contributed by atoms with E-state index in [2.05, 4.69) is 6.92 Å². The number of hydrogen-bond donors (Lipinski definition) is 1. The summed E-state index contributed by atoms with van der Waals surface area (Å²) in [5, 5.41) is 0.757. The van der Waals surface area contributed by atoms with E-state index in [1.165, 1.54) is 21.5 Å². The highest BCUT2D eigenvalue weighted by Crippen LogP contribution is 2.36. The lowest BCUT2D eigenvalue weighted by Gasteiger charge is -2.20. The molecule has 0 aromatic carbocycles. The largest absolute Gasteiger partial charge is 0.335 e. The van der Waals surface area contributed by atoms with E-state index in [-0.39, 0.29) is 11.0 Å². The van der Waals surface area contributed by atoms with E-state index in [9.17, 15) is 4.79 Å². The Hall–Kier alpha value is -1.36. The van der Waals surface area contributed by atoms with E-state index < -0.39 is 0 Å². The molecule has 108 valence electrons. The van der Waals surface area contributed by atoms with Crippen LogP contribution >= 0.6 is 11.3 Å². The van der Waals surface area contributed by atoms with Gasteiger partial charge in [0.25, 0.3) is 5.56 Å². The molecule has 1 aliphatic carbocycles. The monoisotopic (exact) mass is 291 g/mol. The van der Waals surface area contributed by atoms with Crippen molar-refractivity contribution >= 4 is 21.6 Å². The van der Waals surface area contributed by atoms with Crippen LogP contribution in [0.15, 0.2) is 4.79 Å². The van der Waals surface area contributed by atoms with Crippen molar-refractivity contribution in [1.82, 2.24) is 9.66 Å². The van der Waals surface area contributed by atoms with Gasteiger partial charge in [-0.15, -0.1) is 11.3 Å². The molecule has 0 unspecified atom stereocenters. The van der Waals surface area contributed by atoms with Gasteiger partial charge in [-0.2, -0.15) is 0 Å². The minimum atomic E-state index is -0.236. The van der Waals surface area contributed by atoms with Crippen molar-refractivity contribution in [2.75, 3.05) is 5.84 Å². The lowest BCUT2D eigenvalue weighted by Crippen LogP contribution is -2.36. The van der Waals surface area contributed by atoms with Gasteiger partial charge in [-0.1, -0.05) is 27.7 Å². The SMILES string of the molecule is C[C@H]1CCc2sc3nc(C(C)(C)C)n(N)c(=O)c3c2C1. The topological polar surface area (TPSA) is 60.9 Å². The molecule has 0 bridgehead atoms. The molecular weight excluding hydrogens is 270 g/mol. The number of nitrogens with zero attached hydrogens (tertiary/aromatic N) is 2. The van der Waals surface area contributed by atoms with Crippen molar-refractivity contribution in [3.05, 3.63) is 26.6 Å². The summed E-state index contributed by atoms with van der Waals surface area (Å²) in [5.74, 6) is 7.30. The van der Waals surface area contributed by atoms with E-state index >= 15 is 0 Å². The summed E-state index contributed by atoms with van der Waals surface area (Å²) >= 11 is 1.67. The van der Waals surface area contributed by atoms with Gasteiger partial charge in [-0.25, -0.2) is 9.66 Å². The van der Waals surface area contributed by atoms with Crippen molar-refractivity contribution in [3.63, 3.8) is 0 Å². The first kappa shape index (κ1) is 13.6. The van der Waals surface area contributed by atoms with Gasteiger partial charge in [0.2, 0.25) is 0 Å². The third-order valence-corrected chi connectivity index (χ3v) is 5.21. The zero-order chi connectivity index (χ0) is 14.7. The average molecular weight is 291 g/mol. The van der Waals surface area contributed by atoms with Crippen LogP contribution < -0.4 is 11.4 Å². The molecule has 0 radical (unpaired) electrons. The molecule has 1 aliphatic rings. The van der Waals surface area contributed by atoms with Crippen LogP contribution in [0.2, 0.25) is 0 Å². The summed E-state index contributed by atoms with van der Waals surface area (Å²) in [6, 6.07) is 0.